The van der Waals surface area contributed by atoms with Crippen LogP contribution in [-0.2, 0) is 0 Å². The van der Waals surface area contributed by atoms with Gasteiger partial charge in [-0.3, -0.25) is 0 Å². The zero-order valence-electron chi connectivity index (χ0n) is 10.1. The third-order valence-electron chi connectivity index (χ3n) is 3.09. The quantitative estimate of drug-likeness (QED) is 0.822. The monoisotopic (exact) mass is 292 g/mol. The summed E-state index contributed by atoms with van der Waals surface area (Å²) < 4.78 is 1.04. The van der Waals surface area contributed by atoms with Crippen LogP contribution in [0.4, 0.5) is 5.69 Å². The van der Waals surface area contributed by atoms with E-state index >= 15 is 0 Å². The van der Waals surface area contributed by atoms with E-state index in [1.54, 1.807) is 0 Å². The number of benzene rings is 1. The highest BCUT2D eigenvalue weighted by Crippen LogP contribution is 2.33. The fourth-order valence-corrected chi connectivity index (χ4v) is 2.40. The van der Waals surface area contributed by atoms with E-state index in [2.05, 4.69) is 39.9 Å². The van der Waals surface area contributed by atoms with Gasteiger partial charge < -0.3 is 4.90 Å². The van der Waals surface area contributed by atoms with Gasteiger partial charge in [0.15, 0.2) is 0 Å². The predicted octanol–water partition coefficient (Wildman–Crippen LogP) is 3.95. The van der Waals surface area contributed by atoms with Gasteiger partial charge in [-0.1, -0.05) is 22.9 Å². The summed E-state index contributed by atoms with van der Waals surface area (Å²) in [4.78, 5) is 2.36. The van der Waals surface area contributed by atoms with Gasteiger partial charge in [0, 0.05) is 17.6 Å². The predicted molar refractivity (Wildman–Crippen MR) is 74.1 cm³/mol. The third kappa shape index (κ3) is 3.23. The molecule has 2 nitrogen and oxygen atoms in total. The molecule has 1 aliphatic carbocycles. The van der Waals surface area contributed by atoms with E-state index in [9.17, 15) is 5.26 Å². The highest BCUT2D eigenvalue weighted by atomic mass is 79.9. The van der Waals surface area contributed by atoms with E-state index in [1.807, 2.05) is 12.1 Å². The summed E-state index contributed by atoms with van der Waals surface area (Å²) in [6, 6.07) is 8.19. The molecule has 2 rings (SSSR count). The molecule has 0 aliphatic heterocycles. The van der Waals surface area contributed by atoms with E-state index in [0.29, 0.717) is 0 Å². The Morgan fingerprint density at radius 1 is 1.47 bits per heavy atom. The summed E-state index contributed by atoms with van der Waals surface area (Å²) in [5.74, 6) is 0.840. The minimum absolute atomic E-state index is 0.780. The molecule has 3 heteroatoms. The molecule has 0 saturated heterocycles. The number of halogens is 1. The van der Waals surface area contributed by atoms with Crippen molar-refractivity contribution in [1.82, 2.24) is 0 Å². The molecular weight excluding hydrogens is 276 g/mol. The molecule has 0 atom stereocenters. The fourth-order valence-electron chi connectivity index (χ4n) is 2.05. The lowest BCUT2D eigenvalue weighted by Gasteiger charge is -2.25. The second-order valence-electron chi connectivity index (χ2n) is 4.66. The molecule has 1 fully saturated rings. The molecule has 0 unspecified atom stereocenters. The maximum Gasteiger partial charge on any atom is 0.101 e. The van der Waals surface area contributed by atoms with Crippen LogP contribution in [0.25, 0.3) is 0 Å². The molecule has 0 amide bonds. The summed E-state index contributed by atoms with van der Waals surface area (Å²) in [7, 11) is 0. The van der Waals surface area contributed by atoms with E-state index in [-0.39, 0.29) is 0 Å². The SMILES string of the molecule is CCCN(CC1CC1)c1cc(Br)ccc1C#N. The maximum atomic E-state index is 9.18. The van der Waals surface area contributed by atoms with Crippen LogP contribution in [0.15, 0.2) is 22.7 Å². The highest BCUT2D eigenvalue weighted by molar-refractivity contribution is 9.10. The Labute approximate surface area is 111 Å². The Morgan fingerprint density at radius 3 is 2.82 bits per heavy atom. The van der Waals surface area contributed by atoms with Crippen LogP contribution in [0, 0.1) is 17.2 Å². The van der Waals surface area contributed by atoms with Crippen molar-refractivity contribution in [2.45, 2.75) is 26.2 Å². The molecule has 1 aromatic carbocycles. The number of hydrogen-bond donors (Lipinski definition) is 0. The largest absolute Gasteiger partial charge is 0.370 e. The van der Waals surface area contributed by atoms with Gasteiger partial charge in [0.05, 0.1) is 11.3 Å². The number of anilines is 1. The lowest BCUT2D eigenvalue weighted by molar-refractivity contribution is 0.707. The minimum atomic E-state index is 0.780. The van der Waals surface area contributed by atoms with Crippen molar-refractivity contribution in [1.29, 1.82) is 5.26 Å². The van der Waals surface area contributed by atoms with Crippen LogP contribution in [-0.4, -0.2) is 13.1 Å². The number of nitriles is 1. The first-order valence-electron chi connectivity index (χ1n) is 6.19. The molecule has 90 valence electrons. The first-order valence-corrected chi connectivity index (χ1v) is 6.98. The van der Waals surface area contributed by atoms with Crippen molar-refractivity contribution in [2.24, 2.45) is 5.92 Å². The van der Waals surface area contributed by atoms with Crippen LogP contribution >= 0.6 is 15.9 Å². The van der Waals surface area contributed by atoms with Crippen molar-refractivity contribution < 1.29 is 0 Å². The molecule has 17 heavy (non-hydrogen) atoms. The summed E-state index contributed by atoms with van der Waals surface area (Å²) >= 11 is 3.49. The van der Waals surface area contributed by atoms with E-state index in [4.69, 9.17) is 0 Å². The molecule has 0 heterocycles. The highest BCUT2D eigenvalue weighted by Gasteiger charge is 2.25. The zero-order chi connectivity index (χ0) is 12.3. The lowest BCUT2D eigenvalue weighted by atomic mass is 10.1. The lowest BCUT2D eigenvalue weighted by Crippen LogP contribution is -2.27. The smallest absolute Gasteiger partial charge is 0.101 e. The number of nitrogens with zero attached hydrogens (tertiary/aromatic N) is 2. The first kappa shape index (κ1) is 12.4. The standard InChI is InChI=1S/C14H17BrN2/c1-2-7-17(10-11-3-4-11)14-8-13(15)6-5-12(14)9-16/h5-6,8,11H,2-4,7,10H2,1H3. The summed E-state index contributed by atoms with van der Waals surface area (Å²) in [5, 5.41) is 9.18. The Balaban J connectivity index is 2.26. The minimum Gasteiger partial charge on any atom is -0.370 e. The number of rotatable bonds is 5. The Hall–Kier alpha value is -1.01. The Bertz CT molecular complexity index is 432. The van der Waals surface area contributed by atoms with Gasteiger partial charge in [0.2, 0.25) is 0 Å². The molecule has 1 saturated carbocycles. The van der Waals surface area contributed by atoms with Crippen molar-refractivity contribution in [3.8, 4) is 6.07 Å². The maximum absolute atomic E-state index is 9.18. The topological polar surface area (TPSA) is 27.0 Å². The van der Waals surface area contributed by atoms with E-state index in [1.165, 1.54) is 12.8 Å². The summed E-state index contributed by atoms with van der Waals surface area (Å²) in [5.41, 5.74) is 1.86. The van der Waals surface area contributed by atoms with Crippen LogP contribution < -0.4 is 4.90 Å². The van der Waals surface area contributed by atoms with Gasteiger partial charge in [-0.2, -0.15) is 5.26 Å². The summed E-state index contributed by atoms with van der Waals surface area (Å²) in [6.45, 7) is 4.31. The first-order chi connectivity index (χ1) is 8.24. The van der Waals surface area contributed by atoms with Crippen molar-refractivity contribution in [2.75, 3.05) is 18.0 Å². The summed E-state index contributed by atoms with van der Waals surface area (Å²) in [6.07, 6.45) is 3.80. The van der Waals surface area contributed by atoms with Gasteiger partial charge >= 0.3 is 0 Å². The molecule has 1 aliphatic rings. The normalized spacial score (nSPS) is 14.4. The van der Waals surface area contributed by atoms with Gasteiger partial charge in [-0.15, -0.1) is 0 Å². The molecule has 0 N–H and O–H groups in total. The van der Waals surface area contributed by atoms with Gasteiger partial charge in [0.25, 0.3) is 0 Å². The second-order valence-corrected chi connectivity index (χ2v) is 5.58. The molecule has 1 aromatic rings. The Kier molecular flexibility index (Phi) is 4.06. The number of hydrogen-bond acceptors (Lipinski definition) is 2. The average Bonchev–Trinajstić information content (AvgIpc) is 3.12. The van der Waals surface area contributed by atoms with Gasteiger partial charge in [0.1, 0.15) is 6.07 Å². The molecule has 0 aromatic heterocycles. The van der Waals surface area contributed by atoms with Gasteiger partial charge in [-0.05, 0) is 43.4 Å². The van der Waals surface area contributed by atoms with Gasteiger partial charge in [-0.25, -0.2) is 0 Å². The second kappa shape index (κ2) is 5.55. The van der Waals surface area contributed by atoms with Crippen LogP contribution in [0.3, 0.4) is 0 Å². The van der Waals surface area contributed by atoms with Crippen molar-refractivity contribution in [3.05, 3.63) is 28.2 Å². The Morgan fingerprint density at radius 2 is 2.24 bits per heavy atom. The van der Waals surface area contributed by atoms with E-state index in [0.717, 1.165) is 41.2 Å². The zero-order valence-corrected chi connectivity index (χ0v) is 11.7. The van der Waals surface area contributed by atoms with Crippen LogP contribution in [0.5, 0.6) is 0 Å². The molecule has 0 spiro atoms. The molecular formula is C14H17BrN2. The van der Waals surface area contributed by atoms with Crippen LogP contribution in [0.2, 0.25) is 0 Å². The third-order valence-corrected chi connectivity index (χ3v) is 3.58. The van der Waals surface area contributed by atoms with Crippen LogP contribution in [0.1, 0.15) is 31.7 Å². The van der Waals surface area contributed by atoms with Crippen molar-refractivity contribution in [3.63, 3.8) is 0 Å². The fraction of sp³-hybridized carbons (Fsp3) is 0.500. The van der Waals surface area contributed by atoms with Crippen molar-refractivity contribution >= 4 is 21.6 Å². The van der Waals surface area contributed by atoms with E-state index < -0.39 is 0 Å². The molecule has 0 radical (unpaired) electrons. The molecule has 0 bridgehead atoms. The average molecular weight is 293 g/mol.